The highest BCUT2D eigenvalue weighted by molar-refractivity contribution is 5.03. The van der Waals surface area contributed by atoms with Crippen LogP contribution in [-0.2, 0) is 0 Å². The van der Waals surface area contributed by atoms with Gasteiger partial charge in [0.1, 0.15) is 0 Å². The van der Waals surface area contributed by atoms with Crippen LogP contribution in [0.2, 0.25) is 0 Å². The van der Waals surface area contributed by atoms with Crippen LogP contribution in [0.3, 0.4) is 0 Å². The smallest absolute Gasteiger partial charge is 0.0420 e. The molecule has 1 saturated carbocycles. The highest BCUT2D eigenvalue weighted by Gasteiger charge is 2.44. The van der Waals surface area contributed by atoms with Crippen LogP contribution in [0.15, 0.2) is 0 Å². The maximum absolute atomic E-state index is 5.83. The quantitative estimate of drug-likeness (QED) is 0.539. The largest absolute Gasteiger partial charge is 0.302 e. The number of hydrogen-bond acceptors (Lipinski definition) is 3. The number of nitrogens with one attached hydrogen (secondary N) is 1. The number of likely N-dealkylation sites (N-methyl/N-ethyl adjacent to an activating group) is 1. The van der Waals surface area contributed by atoms with E-state index in [1.165, 1.54) is 38.5 Å². The van der Waals surface area contributed by atoms with Crippen LogP contribution in [-0.4, -0.2) is 30.6 Å². The van der Waals surface area contributed by atoms with Gasteiger partial charge in [-0.15, -0.1) is 0 Å². The normalized spacial score (nSPS) is 23.6. The standard InChI is InChI=1S/C13H29N3/c1-5-8-11(2)12(15-14)13(16(3)4)9-6-7-10-13/h11-12,15H,5-10,14H2,1-4H3. The van der Waals surface area contributed by atoms with Crippen LogP contribution < -0.4 is 11.3 Å². The van der Waals surface area contributed by atoms with E-state index in [9.17, 15) is 0 Å². The molecule has 0 spiro atoms. The SMILES string of the molecule is CCCC(C)C(NN)C1(N(C)C)CCCC1. The van der Waals surface area contributed by atoms with Crippen LogP contribution in [0, 0.1) is 5.92 Å². The molecule has 2 atom stereocenters. The van der Waals surface area contributed by atoms with Gasteiger partial charge in [-0.1, -0.05) is 33.1 Å². The van der Waals surface area contributed by atoms with Gasteiger partial charge in [0, 0.05) is 11.6 Å². The molecule has 0 aromatic heterocycles. The molecule has 0 aromatic rings. The molecule has 3 heteroatoms. The van der Waals surface area contributed by atoms with E-state index in [1.807, 2.05) is 0 Å². The molecule has 1 aliphatic carbocycles. The molecule has 1 rings (SSSR count). The molecule has 0 radical (unpaired) electrons. The summed E-state index contributed by atoms with van der Waals surface area (Å²) in [4.78, 5) is 2.40. The fourth-order valence-electron chi connectivity index (χ4n) is 3.49. The third kappa shape index (κ3) is 2.58. The Balaban J connectivity index is 2.81. The molecule has 0 aliphatic heterocycles. The Bertz CT molecular complexity index is 197. The van der Waals surface area contributed by atoms with Crippen molar-refractivity contribution in [3.05, 3.63) is 0 Å². The molecule has 2 unspecified atom stereocenters. The van der Waals surface area contributed by atoms with Crippen molar-refractivity contribution in [2.45, 2.75) is 64.0 Å². The highest BCUT2D eigenvalue weighted by Crippen LogP contribution is 2.39. The second-order valence-electron chi connectivity index (χ2n) is 5.62. The Labute approximate surface area is 101 Å². The predicted octanol–water partition coefficient (Wildman–Crippen LogP) is 2.13. The summed E-state index contributed by atoms with van der Waals surface area (Å²) >= 11 is 0. The van der Waals surface area contributed by atoms with E-state index in [0.29, 0.717) is 12.0 Å². The van der Waals surface area contributed by atoms with Gasteiger partial charge >= 0.3 is 0 Å². The van der Waals surface area contributed by atoms with E-state index >= 15 is 0 Å². The summed E-state index contributed by atoms with van der Waals surface area (Å²) in [5.41, 5.74) is 3.39. The van der Waals surface area contributed by atoms with Gasteiger partial charge in [-0.3, -0.25) is 11.3 Å². The molecule has 0 bridgehead atoms. The van der Waals surface area contributed by atoms with Crippen molar-refractivity contribution in [1.82, 2.24) is 10.3 Å². The summed E-state index contributed by atoms with van der Waals surface area (Å²) in [6, 6.07) is 0.421. The third-order valence-corrected chi connectivity index (χ3v) is 4.43. The fraction of sp³-hybridized carbons (Fsp3) is 1.00. The summed E-state index contributed by atoms with van der Waals surface area (Å²) in [5.74, 6) is 6.48. The van der Waals surface area contributed by atoms with Crippen molar-refractivity contribution in [3.8, 4) is 0 Å². The van der Waals surface area contributed by atoms with E-state index in [4.69, 9.17) is 5.84 Å². The van der Waals surface area contributed by atoms with Gasteiger partial charge in [0.2, 0.25) is 0 Å². The molecular formula is C13H29N3. The van der Waals surface area contributed by atoms with E-state index in [1.54, 1.807) is 0 Å². The predicted molar refractivity (Wildman–Crippen MR) is 70.1 cm³/mol. The first kappa shape index (κ1) is 13.9. The summed E-state index contributed by atoms with van der Waals surface area (Å²) < 4.78 is 0. The zero-order valence-electron chi connectivity index (χ0n) is 11.4. The lowest BCUT2D eigenvalue weighted by atomic mass is 9.78. The van der Waals surface area contributed by atoms with Crippen molar-refractivity contribution in [3.63, 3.8) is 0 Å². The molecule has 1 fully saturated rings. The Morgan fingerprint density at radius 1 is 1.31 bits per heavy atom. The lowest BCUT2D eigenvalue weighted by Crippen LogP contribution is -2.61. The van der Waals surface area contributed by atoms with Gasteiger partial charge in [0.15, 0.2) is 0 Å². The van der Waals surface area contributed by atoms with Gasteiger partial charge in [-0.2, -0.15) is 0 Å². The zero-order valence-corrected chi connectivity index (χ0v) is 11.4. The second-order valence-corrected chi connectivity index (χ2v) is 5.62. The van der Waals surface area contributed by atoms with Crippen molar-refractivity contribution in [1.29, 1.82) is 0 Å². The number of nitrogens with two attached hydrogens (primary N) is 1. The first-order valence-electron chi connectivity index (χ1n) is 6.72. The number of hydrogen-bond donors (Lipinski definition) is 2. The van der Waals surface area contributed by atoms with Crippen molar-refractivity contribution in [2.75, 3.05) is 14.1 Å². The maximum atomic E-state index is 5.83. The monoisotopic (exact) mass is 227 g/mol. The van der Waals surface area contributed by atoms with Gasteiger partial charge in [0.25, 0.3) is 0 Å². The minimum atomic E-state index is 0.281. The second kappa shape index (κ2) is 5.99. The van der Waals surface area contributed by atoms with E-state index in [2.05, 4.69) is 38.3 Å². The molecule has 0 amide bonds. The topological polar surface area (TPSA) is 41.3 Å². The van der Waals surface area contributed by atoms with Crippen molar-refractivity contribution < 1.29 is 0 Å². The van der Waals surface area contributed by atoms with Gasteiger partial charge in [0.05, 0.1) is 0 Å². The van der Waals surface area contributed by atoms with Crippen LogP contribution >= 0.6 is 0 Å². The Morgan fingerprint density at radius 3 is 2.25 bits per heavy atom. The van der Waals surface area contributed by atoms with Crippen LogP contribution in [0.1, 0.15) is 52.4 Å². The number of nitrogens with zero attached hydrogens (tertiary/aromatic N) is 1. The minimum Gasteiger partial charge on any atom is -0.302 e. The summed E-state index contributed by atoms with van der Waals surface area (Å²) in [7, 11) is 4.41. The fourth-order valence-corrected chi connectivity index (χ4v) is 3.49. The van der Waals surface area contributed by atoms with Crippen LogP contribution in [0.4, 0.5) is 0 Å². The molecular weight excluding hydrogens is 198 g/mol. The zero-order chi connectivity index (χ0) is 12.2. The lowest BCUT2D eigenvalue weighted by molar-refractivity contribution is 0.0748. The summed E-state index contributed by atoms with van der Waals surface area (Å²) in [5, 5.41) is 0. The van der Waals surface area contributed by atoms with Gasteiger partial charge in [-0.05, 0) is 39.3 Å². The molecule has 1 aliphatic rings. The molecule has 16 heavy (non-hydrogen) atoms. The van der Waals surface area contributed by atoms with E-state index in [0.717, 1.165) is 0 Å². The molecule has 0 saturated heterocycles. The van der Waals surface area contributed by atoms with Crippen LogP contribution in [0.5, 0.6) is 0 Å². The molecule has 0 heterocycles. The van der Waals surface area contributed by atoms with Crippen molar-refractivity contribution >= 4 is 0 Å². The van der Waals surface area contributed by atoms with E-state index in [-0.39, 0.29) is 5.54 Å². The van der Waals surface area contributed by atoms with Crippen molar-refractivity contribution in [2.24, 2.45) is 11.8 Å². The highest BCUT2D eigenvalue weighted by atomic mass is 15.3. The van der Waals surface area contributed by atoms with Gasteiger partial charge in [-0.25, -0.2) is 0 Å². The average molecular weight is 227 g/mol. The summed E-state index contributed by atoms with van der Waals surface area (Å²) in [6.45, 7) is 4.58. The molecule has 96 valence electrons. The Kier molecular flexibility index (Phi) is 5.22. The summed E-state index contributed by atoms with van der Waals surface area (Å²) in [6.07, 6.45) is 7.74. The van der Waals surface area contributed by atoms with Crippen LogP contribution in [0.25, 0.3) is 0 Å². The minimum absolute atomic E-state index is 0.281. The molecule has 3 nitrogen and oxygen atoms in total. The molecule has 3 N–H and O–H groups in total. The van der Waals surface area contributed by atoms with E-state index < -0.39 is 0 Å². The Hall–Kier alpha value is -0.120. The Morgan fingerprint density at radius 2 is 1.88 bits per heavy atom. The molecule has 0 aromatic carbocycles. The first-order valence-corrected chi connectivity index (χ1v) is 6.72. The first-order chi connectivity index (χ1) is 7.58. The lowest BCUT2D eigenvalue weighted by Gasteiger charge is -2.45. The third-order valence-electron chi connectivity index (χ3n) is 4.43. The number of hydrazine groups is 1. The number of rotatable bonds is 6. The maximum Gasteiger partial charge on any atom is 0.0420 e. The average Bonchev–Trinajstić information content (AvgIpc) is 2.69. The van der Waals surface area contributed by atoms with Gasteiger partial charge < -0.3 is 4.90 Å².